The van der Waals surface area contributed by atoms with Gasteiger partial charge < -0.3 is 5.32 Å². The minimum Gasteiger partial charge on any atom is -0.309 e. The van der Waals surface area contributed by atoms with Crippen LogP contribution in [0.1, 0.15) is 17.9 Å². The largest absolute Gasteiger partial charge is 0.309 e. The van der Waals surface area contributed by atoms with Gasteiger partial charge in [0.2, 0.25) is 5.91 Å². The van der Waals surface area contributed by atoms with Crippen molar-refractivity contribution in [3.05, 3.63) is 46.6 Å². The summed E-state index contributed by atoms with van der Waals surface area (Å²) >= 11 is 3.42. The van der Waals surface area contributed by atoms with Crippen molar-refractivity contribution in [1.29, 1.82) is 0 Å². The Bertz CT molecular complexity index is 605. The summed E-state index contributed by atoms with van der Waals surface area (Å²) in [5, 5.41) is 7.00. The van der Waals surface area contributed by atoms with E-state index in [1.807, 2.05) is 25.4 Å². The molecule has 0 unspecified atom stereocenters. The lowest BCUT2D eigenvalue weighted by Crippen LogP contribution is -2.15. The number of anilines is 1. The molecule has 19 heavy (non-hydrogen) atoms. The van der Waals surface area contributed by atoms with Gasteiger partial charge in [-0.3, -0.25) is 9.48 Å². The number of aryl methyl sites for hydroxylation is 1. The molecule has 1 amide bonds. The van der Waals surface area contributed by atoms with E-state index in [1.54, 1.807) is 10.7 Å². The lowest BCUT2D eigenvalue weighted by Gasteiger charge is -2.02. The minimum absolute atomic E-state index is 0.0617. The van der Waals surface area contributed by atoms with Crippen LogP contribution in [0.5, 0.6) is 0 Å². The van der Waals surface area contributed by atoms with E-state index in [9.17, 15) is 4.79 Å². The minimum atomic E-state index is 0.0617. The number of nitrogens with zero attached hydrogens (tertiary/aromatic N) is 2. The maximum absolute atomic E-state index is 12.1. The molecule has 5 heteroatoms. The summed E-state index contributed by atoms with van der Waals surface area (Å²) in [7, 11) is 1.83. The molecule has 1 fully saturated rings. The third-order valence-corrected chi connectivity index (χ3v) is 3.92. The van der Waals surface area contributed by atoms with Crippen molar-refractivity contribution in [2.45, 2.75) is 12.3 Å². The topological polar surface area (TPSA) is 46.9 Å². The Morgan fingerprint density at radius 2 is 2.11 bits per heavy atom. The van der Waals surface area contributed by atoms with Crippen molar-refractivity contribution in [2.75, 3.05) is 5.32 Å². The van der Waals surface area contributed by atoms with Crippen LogP contribution < -0.4 is 5.32 Å². The summed E-state index contributed by atoms with van der Waals surface area (Å²) in [4.78, 5) is 12.1. The van der Waals surface area contributed by atoms with Crippen molar-refractivity contribution < 1.29 is 4.79 Å². The third-order valence-electron chi connectivity index (χ3n) is 3.39. The molecular weight excluding hydrogens is 306 g/mol. The lowest BCUT2D eigenvalue weighted by molar-refractivity contribution is -0.117. The van der Waals surface area contributed by atoms with Crippen LogP contribution in [0.3, 0.4) is 0 Å². The van der Waals surface area contributed by atoms with Crippen LogP contribution in [-0.4, -0.2) is 15.7 Å². The Hall–Kier alpha value is -1.62. The van der Waals surface area contributed by atoms with Gasteiger partial charge in [0.15, 0.2) is 5.82 Å². The van der Waals surface area contributed by atoms with Crippen LogP contribution in [0.15, 0.2) is 41.0 Å². The summed E-state index contributed by atoms with van der Waals surface area (Å²) in [6.07, 6.45) is 2.73. The number of hydrogen-bond acceptors (Lipinski definition) is 2. The molecule has 0 spiro atoms. The van der Waals surface area contributed by atoms with Crippen molar-refractivity contribution in [2.24, 2.45) is 13.0 Å². The summed E-state index contributed by atoms with van der Waals surface area (Å²) in [5.41, 5.74) is 1.23. The highest BCUT2D eigenvalue weighted by molar-refractivity contribution is 9.10. The zero-order chi connectivity index (χ0) is 13.4. The van der Waals surface area contributed by atoms with Crippen LogP contribution >= 0.6 is 15.9 Å². The molecule has 1 saturated carbocycles. The van der Waals surface area contributed by atoms with Gasteiger partial charge in [-0.05, 0) is 30.0 Å². The Morgan fingerprint density at radius 1 is 1.37 bits per heavy atom. The van der Waals surface area contributed by atoms with Gasteiger partial charge in [0, 0.05) is 29.7 Å². The molecule has 3 rings (SSSR count). The number of benzene rings is 1. The van der Waals surface area contributed by atoms with Crippen LogP contribution in [0.4, 0.5) is 5.82 Å². The number of halogens is 1. The van der Waals surface area contributed by atoms with E-state index in [2.05, 4.69) is 38.5 Å². The van der Waals surface area contributed by atoms with Crippen LogP contribution in [-0.2, 0) is 11.8 Å². The maximum Gasteiger partial charge on any atom is 0.229 e. The van der Waals surface area contributed by atoms with Crippen LogP contribution in [0, 0.1) is 5.92 Å². The zero-order valence-corrected chi connectivity index (χ0v) is 12.1. The quantitative estimate of drug-likeness (QED) is 0.945. The molecular formula is C14H14BrN3O. The second-order valence-corrected chi connectivity index (χ2v) is 5.78. The Kier molecular flexibility index (Phi) is 3.14. The van der Waals surface area contributed by atoms with Crippen molar-refractivity contribution in [3.8, 4) is 0 Å². The molecule has 1 aliphatic rings. The van der Waals surface area contributed by atoms with Gasteiger partial charge in [-0.2, -0.15) is 5.10 Å². The average molecular weight is 320 g/mol. The number of nitrogens with one attached hydrogen (secondary N) is 1. The summed E-state index contributed by atoms with van der Waals surface area (Å²) in [5.74, 6) is 1.10. The summed E-state index contributed by atoms with van der Waals surface area (Å²) in [6.45, 7) is 0. The molecule has 1 aromatic carbocycles. The molecule has 0 radical (unpaired) electrons. The van der Waals surface area contributed by atoms with Crippen molar-refractivity contribution in [1.82, 2.24) is 9.78 Å². The van der Waals surface area contributed by atoms with E-state index in [1.165, 1.54) is 5.56 Å². The zero-order valence-electron chi connectivity index (χ0n) is 10.5. The van der Waals surface area contributed by atoms with Crippen molar-refractivity contribution in [3.63, 3.8) is 0 Å². The first kappa shape index (κ1) is 12.4. The van der Waals surface area contributed by atoms with Crippen molar-refractivity contribution >= 4 is 27.7 Å². The van der Waals surface area contributed by atoms with E-state index >= 15 is 0 Å². The smallest absolute Gasteiger partial charge is 0.229 e. The first-order chi connectivity index (χ1) is 9.13. The Labute approximate surface area is 119 Å². The van der Waals surface area contributed by atoms with E-state index in [0.717, 1.165) is 10.9 Å². The Balaban J connectivity index is 1.63. The van der Waals surface area contributed by atoms with Gasteiger partial charge >= 0.3 is 0 Å². The fourth-order valence-electron chi connectivity index (χ4n) is 2.26. The monoisotopic (exact) mass is 319 g/mol. The second-order valence-electron chi connectivity index (χ2n) is 4.86. The van der Waals surface area contributed by atoms with E-state index in [-0.39, 0.29) is 11.8 Å². The fourth-order valence-corrected chi connectivity index (χ4v) is 2.53. The van der Waals surface area contributed by atoms with Gasteiger partial charge in [0.25, 0.3) is 0 Å². The molecule has 0 saturated heterocycles. The Morgan fingerprint density at radius 3 is 2.74 bits per heavy atom. The molecule has 0 bridgehead atoms. The first-order valence-electron chi connectivity index (χ1n) is 6.19. The van der Waals surface area contributed by atoms with Gasteiger partial charge in [-0.25, -0.2) is 0 Å². The first-order valence-corrected chi connectivity index (χ1v) is 6.99. The summed E-state index contributed by atoms with van der Waals surface area (Å²) in [6, 6.07) is 9.98. The second kappa shape index (κ2) is 4.81. The maximum atomic E-state index is 12.1. The molecule has 1 aromatic heterocycles. The van der Waals surface area contributed by atoms with Crippen LogP contribution in [0.25, 0.3) is 0 Å². The number of rotatable bonds is 3. The lowest BCUT2D eigenvalue weighted by atomic mass is 10.1. The highest BCUT2D eigenvalue weighted by Gasteiger charge is 2.44. The predicted molar refractivity (Wildman–Crippen MR) is 76.8 cm³/mol. The van der Waals surface area contributed by atoms with Gasteiger partial charge in [0.1, 0.15) is 0 Å². The van der Waals surface area contributed by atoms with Crippen LogP contribution in [0.2, 0.25) is 0 Å². The molecule has 2 aromatic rings. The molecule has 4 nitrogen and oxygen atoms in total. The number of amides is 1. The number of aromatic nitrogens is 2. The van der Waals surface area contributed by atoms with E-state index < -0.39 is 0 Å². The highest BCUT2D eigenvalue weighted by atomic mass is 79.9. The number of carbonyl (C=O) groups is 1. The molecule has 98 valence electrons. The van der Waals surface area contributed by atoms with Gasteiger partial charge in [-0.1, -0.05) is 28.1 Å². The molecule has 1 N–H and O–H groups in total. The standard InChI is InChI=1S/C14H14BrN3O/c1-18-7-6-13(17-18)16-14(19)12-8-11(12)9-2-4-10(15)5-3-9/h2-7,11-12H,8H2,1H3,(H,16,17,19)/t11-,12-/m1/s1. The number of hydrogen-bond donors (Lipinski definition) is 1. The van der Waals surface area contributed by atoms with E-state index in [0.29, 0.717) is 11.7 Å². The molecule has 0 aliphatic heterocycles. The normalized spacial score (nSPS) is 21.2. The van der Waals surface area contributed by atoms with E-state index in [4.69, 9.17) is 0 Å². The fraction of sp³-hybridized carbons (Fsp3) is 0.286. The average Bonchev–Trinajstić information content (AvgIpc) is 3.08. The van der Waals surface area contributed by atoms with Gasteiger partial charge in [-0.15, -0.1) is 0 Å². The molecule has 1 heterocycles. The summed E-state index contributed by atoms with van der Waals surface area (Å²) < 4.78 is 2.74. The molecule has 1 aliphatic carbocycles. The predicted octanol–water partition coefficient (Wildman–Crippen LogP) is 2.92. The van der Waals surface area contributed by atoms with Gasteiger partial charge in [0.05, 0.1) is 0 Å². The third kappa shape index (κ3) is 2.71. The SMILES string of the molecule is Cn1ccc(NC(=O)[C@@H]2C[C@@H]2c2ccc(Br)cc2)n1. The molecule has 2 atom stereocenters. The highest BCUT2D eigenvalue weighted by Crippen LogP contribution is 2.48. The number of carbonyl (C=O) groups excluding carboxylic acids is 1.